The van der Waals surface area contributed by atoms with Gasteiger partial charge in [0.2, 0.25) is 0 Å². The molecule has 0 N–H and O–H groups in total. The van der Waals surface area contributed by atoms with Gasteiger partial charge in [0, 0.05) is 11.4 Å². The number of alkyl halides is 1. The summed E-state index contributed by atoms with van der Waals surface area (Å²) in [5.74, 6) is 1.08. The highest BCUT2D eigenvalue weighted by molar-refractivity contribution is 9.08. The number of rotatable bonds is 4. The van der Waals surface area contributed by atoms with Crippen molar-refractivity contribution in [2.45, 2.75) is 50.5 Å². The maximum Gasteiger partial charge on any atom is 0.127 e. The molecule has 0 radical (unpaired) electrons. The Bertz CT molecular complexity index is 394. The Balaban J connectivity index is 2.09. The summed E-state index contributed by atoms with van der Waals surface area (Å²) in [5.41, 5.74) is 0.925. The van der Waals surface area contributed by atoms with Gasteiger partial charge in [-0.3, -0.25) is 0 Å². The standard InChI is InChI=1S/C15H20BrFO/c1-2-12-5-3-4-6-15(12)18-14-8-11(10-16)7-13(17)9-14/h7-9,12,15H,2-6,10H2,1H3. The van der Waals surface area contributed by atoms with Gasteiger partial charge < -0.3 is 4.74 Å². The zero-order chi connectivity index (χ0) is 13.0. The van der Waals surface area contributed by atoms with E-state index in [-0.39, 0.29) is 11.9 Å². The van der Waals surface area contributed by atoms with Crippen LogP contribution >= 0.6 is 15.9 Å². The van der Waals surface area contributed by atoms with Crippen LogP contribution in [0.25, 0.3) is 0 Å². The van der Waals surface area contributed by atoms with Gasteiger partial charge in [0.15, 0.2) is 0 Å². The van der Waals surface area contributed by atoms with E-state index in [1.807, 2.05) is 6.07 Å². The van der Waals surface area contributed by atoms with E-state index in [0.29, 0.717) is 17.0 Å². The zero-order valence-electron chi connectivity index (χ0n) is 10.8. The third kappa shape index (κ3) is 3.47. The van der Waals surface area contributed by atoms with Gasteiger partial charge in [0.1, 0.15) is 17.7 Å². The summed E-state index contributed by atoms with van der Waals surface area (Å²) in [6.45, 7) is 2.21. The first kappa shape index (κ1) is 13.9. The molecule has 0 heterocycles. The highest BCUT2D eigenvalue weighted by atomic mass is 79.9. The van der Waals surface area contributed by atoms with Gasteiger partial charge in [0.05, 0.1) is 0 Å². The number of ether oxygens (including phenoxy) is 1. The minimum atomic E-state index is -0.217. The van der Waals surface area contributed by atoms with Gasteiger partial charge >= 0.3 is 0 Å². The lowest BCUT2D eigenvalue weighted by molar-refractivity contribution is 0.0900. The molecule has 1 saturated carbocycles. The van der Waals surface area contributed by atoms with Gasteiger partial charge in [-0.15, -0.1) is 0 Å². The maximum atomic E-state index is 13.4. The van der Waals surface area contributed by atoms with Crippen molar-refractivity contribution in [2.75, 3.05) is 0 Å². The first-order chi connectivity index (χ1) is 8.72. The molecule has 18 heavy (non-hydrogen) atoms. The van der Waals surface area contributed by atoms with Crippen molar-refractivity contribution in [1.82, 2.24) is 0 Å². The lowest BCUT2D eigenvalue weighted by atomic mass is 9.85. The van der Waals surface area contributed by atoms with Gasteiger partial charge in [-0.1, -0.05) is 29.3 Å². The summed E-state index contributed by atoms with van der Waals surface area (Å²) >= 11 is 3.35. The van der Waals surface area contributed by atoms with Gasteiger partial charge in [-0.25, -0.2) is 4.39 Å². The molecule has 1 aliphatic carbocycles. The molecule has 0 amide bonds. The van der Waals surface area contributed by atoms with Crippen molar-refractivity contribution in [3.63, 3.8) is 0 Å². The third-order valence-corrected chi connectivity index (χ3v) is 4.38. The largest absolute Gasteiger partial charge is 0.490 e. The molecule has 2 atom stereocenters. The van der Waals surface area contributed by atoms with Crippen molar-refractivity contribution < 1.29 is 9.13 Å². The SMILES string of the molecule is CCC1CCCCC1Oc1cc(F)cc(CBr)c1. The molecule has 0 saturated heterocycles. The van der Waals surface area contributed by atoms with Crippen LogP contribution in [0.3, 0.4) is 0 Å². The first-order valence-corrected chi connectivity index (χ1v) is 7.87. The minimum Gasteiger partial charge on any atom is -0.490 e. The van der Waals surface area contributed by atoms with E-state index in [4.69, 9.17) is 4.74 Å². The van der Waals surface area contributed by atoms with Crippen molar-refractivity contribution in [1.29, 1.82) is 0 Å². The first-order valence-electron chi connectivity index (χ1n) is 6.75. The van der Waals surface area contributed by atoms with E-state index in [9.17, 15) is 4.39 Å². The second-order valence-electron chi connectivity index (χ2n) is 5.04. The van der Waals surface area contributed by atoms with E-state index in [0.717, 1.165) is 18.4 Å². The molecular weight excluding hydrogens is 295 g/mol. The predicted molar refractivity (Wildman–Crippen MR) is 75.7 cm³/mol. The van der Waals surface area contributed by atoms with E-state index in [1.54, 1.807) is 6.07 Å². The van der Waals surface area contributed by atoms with Crippen LogP contribution in [0.2, 0.25) is 0 Å². The Hall–Kier alpha value is -0.570. The van der Waals surface area contributed by atoms with Crippen molar-refractivity contribution in [2.24, 2.45) is 5.92 Å². The van der Waals surface area contributed by atoms with E-state index in [1.165, 1.54) is 25.3 Å². The molecule has 2 rings (SSSR count). The quantitative estimate of drug-likeness (QED) is 0.705. The number of benzene rings is 1. The second kappa shape index (κ2) is 6.55. The number of hydrogen-bond acceptors (Lipinski definition) is 1. The minimum absolute atomic E-state index is 0.217. The number of hydrogen-bond donors (Lipinski definition) is 0. The Kier molecular flexibility index (Phi) is 5.04. The molecule has 1 aromatic carbocycles. The van der Waals surface area contributed by atoms with Crippen LogP contribution in [0.5, 0.6) is 5.75 Å². The Morgan fingerprint density at radius 1 is 1.28 bits per heavy atom. The molecule has 1 aromatic rings. The molecule has 1 aliphatic rings. The molecule has 1 nitrogen and oxygen atoms in total. The predicted octanol–water partition coefficient (Wildman–Crippen LogP) is 5.07. The summed E-state index contributed by atoms with van der Waals surface area (Å²) in [5, 5.41) is 0.656. The Labute approximate surface area is 117 Å². The van der Waals surface area contributed by atoms with Crippen LogP contribution in [0.15, 0.2) is 18.2 Å². The molecule has 0 bridgehead atoms. The summed E-state index contributed by atoms with van der Waals surface area (Å²) in [4.78, 5) is 0. The lowest BCUT2D eigenvalue weighted by Crippen LogP contribution is -2.29. The monoisotopic (exact) mass is 314 g/mol. The Morgan fingerprint density at radius 3 is 2.78 bits per heavy atom. The molecule has 0 aliphatic heterocycles. The fourth-order valence-corrected chi connectivity index (χ4v) is 3.06. The van der Waals surface area contributed by atoms with Crippen LogP contribution < -0.4 is 4.74 Å². The average Bonchev–Trinajstić information content (AvgIpc) is 2.38. The highest BCUT2D eigenvalue weighted by Crippen LogP contribution is 2.31. The average molecular weight is 315 g/mol. The molecular formula is C15H20BrFO. The molecule has 0 aromatic heterocycles. The zero-order valence-corrected chi connectivity index (χ0v) is 12.4. The number of halogens is 2. The van der Waals surface area contributed by atoms with Crippen LogP contribution in [-0.4, -0.2) is 6.10 Å². The molecule has 0 spiro atoms. The van der Waals surface area contributed by atoms with Crippen LogP contribution in [0.4, 0.5) is 4.39 Å². The molecule has 1 fully saturated rings. The molecule has 100 valence electrons. The van der Waals surface area contributed by atoms with Crippen molar-refractivity contribution in [3.05, 3.63) is 29.6 Å². The lowest BCUT2D eigenvalue weighted by Gasteiger charge is -2.31. The van der Waals surface area contributed by atoms with Crippen molar-refractivity contribution in [3.8, 4) is 5.75 Å². The van der Waals surface area contributed by atoms with Crippen LogP contribution in [0.1, 0.15) is 44.6 Å². The summed E-state index contributed by atoms with van der Waals surface area (Å²) in [7, 11) is 0. The normalized spacial score (nSPS) is 23.9. The highest BCUT2D eigenvalue weighted by Gasteiger charge is 2.25. The maximum absolute atomic E-state index is 13.4. The van der Waals surface area contributed by atoms with Gasteiger partial charge in [0.25, 0.3) is 0 Å². The van der Waals surface area contributed by atoms with E-state index in [2.05, 4.69) is 22.9 Å². The fourth-order valence-electron chi connectivity index (χ4n) is 2.74. The summed E-state index contributed by atoms with van der Waals surface area (Å²) in [6.07, 6.45) is 6.26. The molecule has 2 unspecified atom stereocenters. The Morgan fingerprint density at radius 2 is 2.06 bits per heavy atom. The van der Waals surface area contributed by atoms with E-state index < -0.39 is 0 Å². The summed E-state index contributed by atoms with van der Waals surface area (Å²) < 4.78 is 19.5. The second-order valence-corrected chi connectivity index (χ2v) is 5.60. The van der Waals surface area contributed by atoms with Crippen LogP contribution in [0, 0.1) is 11.7 Å². The fraction of sp³-hybridized carbons (Fsp3) is 0.600. The third-order valence-electron chi connectivity index (χ3n) is 3.74. The summed E-state index contributed by atoms with van der Waals surface area (Å²) in [6, 6.07) is 4.96. The van der Waals surface area contributed by atoms with Gasteiger partial charge in [-0.05, 0) is 49.3 Å². The van der Waals surface area contributed by atoms with Crippen molar-refractivity contribution >= 4 is 15.9 Å². The smallest absolute Gasteiger partial charge is 0.127 e. The molecule has 3 heteroatoms. The topological polar surface area (TPSA) is 9.23 Å². The van der Waals surface area contributed by atoms with Gasteiger partial charge in [-0.2, -0.15) is 0 Å². The van der Waals surface area contributed by atoms with Crippen LogP contribution in [-0.2, 0) is 5.33 Å². The van der Waals surface area contributed by atoms with E-state index >= 15 is 0 Å².